The van der Waals surface area contributed by atoms with Crippen molar-refractivity contribution in [2.45, 2.75) is 6.04 Å². The van der Waals surface area contributed by atoms with E-state index in [0.29, 0.717) is 0 Å². The van der Waals surface area contributed by atoms with Gasteiger partial charge in [-0.2, -0.15) is 0 Å². The van der Waals surface area contributed by atoms with Crippen LogP contribution in [0.4, 0.5) is 0 Å². The molecular formula is C16H14ClN3. The third kappa shape index (κ3) is 2.50. The molecule has 1 N–H and O–H groups in total. The molecule has 0 spiro atoms. The number of aromatic nitrogens is 2. The van der Waals surface area contributed by atoms with E-state index in [0.717, 1.165) is 21.6 Å². The van der Waals surface area contributed by atoms with Crippen molar-refractivity contribution >= 4 is 22.6 Å². The standard InChI is InChI=1S/C16H14ClN3/c1-18-16(11-2-5-13(17)6-3-11)12-4-7-14-15(10-12)20-9-8-19-14/h2-10,16,18H,1H3. The molecule has 20 heavy (non-hydrogen) atoms. The second-order valence-corrected chi connectivity index (χ2v) is 5.01. The van der Waals surface area contributed by atoms with Crippen molar-refractivity contribution in [2.24, 2.45) is 0 Å². The van der Waals surface area contributed by atoms with Crippen molar-refractivity contribution in [1.82, 2.24) is 15.3 Å². The zero-order valence-corrected chi connectivity index (χ0v) is 11.8. The van der Waals surface area contributed by atoms with E-state index in [1.54, 1.807) is 12.4 Å². The van der Waals surface area contributed by atoms with Gasteiger partial charge in [-0.15, -0.1) is 0 Å². The fraction of sp³-hybridized carbons (Fsp3) is 0.125. The molecule has 2 aromatic carbocycles. The summed E-state index contributed by atoms with van der Waals surface area (Å²) in [6, 6.07) is 14.1. The molecular weight excluding hydrogens is 270 g/mol. The Bertz CT molecular complexity index is 725. The van der Waals surface area contributed by atoms with Gasteiger partial charge in [0.2, 0.25) is 0 Å². The number of hydrogen-bond donors (Lipinski definition) is 1. The maximum Gasteiger partial charge on any atom is 0.0890 e. The molecule has 0 bridgehead atoms. The smallest absolute Gasteiger partial charge is 0.0890 e. The fourth-order valence-electron chi connectivity index (χ4n) is 2.34. The van der Waals surface area contributed by atoms with E-state index in [1.165, 1.54) is 5.56 Å². The lowest BCUT2D eigenvalue weighted by Gasteiger charge is -2.17. The number of benzene rings is 2. The number of fused-ring (bicyclic) bond motifs is 1. The lowest BCUT2D eigenvalue weighted by atomic mass is 9.98. The Morgan fingerprint density at radius 3 is 2.25 bits per heavy atom. The van der Waals surface area contributed by atoms with E-state index in [-0.39, 0.29) is 6.04 Å². The molecule has 3 aromatic rings. The molecule has 0 aliphatic carbocycles. The molecule has 0 aliphatic rings. The molecule has 0 saturated heterocycles. The monoisotopic (exact) mass is 283 g/mol. The average Bonchev–Trinajstić information content (AvgIpc) is 2.50. The molecule has 0 fully saturated rings. The summed E-state index contributed by atoms with van der Waals surface area (Å²) in [5.74, 6) is 0. The fourth-order valence-corrected chi connectivity index (χ4v) is 2.47. The van der Waals surface area contributed by atoms with E-state index < -0.39 is 0 Å². The van der Waals surface area contributed by atoms with E-state index in [4.69, 9.17) is 11.6 Å². The Kier molecular flexibility index (Phi) is 3.63. The lowest BCUT2D eigenvalue weighted by molar-refractivity contribution is 0.692. The molecule has 0 radical (unpaired) electrons. The number of halogens is 1. The number of hydrogen-bond acceptors (Lipinski definition) is 3. The largest absolute Gasteiger partial charge is 0.309 e. The summed E-state index contributed by atoms with van der Waals surface area (Å²) in [4.78, 5) is 8.65. The minimum atomic E-state index is 0.110. The summed E-state index contributed by atoms with van der Waals surface area (Å²) in [6.07, 6.45) is 3.42. The van der Waals surface area contributed by atoms with Gasteiger partial charge in [0.15, 0.2) is 0 Å². The topological polar surface area (TPSA) is 37.8 Å². The predicted octanol–water partition coefficient (Wildman–Crippen LogP) is 3.59. The Morgan fingerprint density at radius 1 is 0.900 bits per heavy atom. The molecule has 1 atom stereocenters. The van der Waals surface area contributed by atoms with Gasteiger partial charge in [0.1, 0.15) is 0 Å². The number of rotatable bonds is 3. The first-order valence-electron chi connectivity index (χ1n) is 6.41. The van der Waals surface area contributed by atoms with E-state index >= 15 is 0 Å². The summed E-state index contributed by atoms with van der Waals surface area (Å²) >= 11 is 5.94. The summed E-state index contributed by atoms with van der Waals surface area (Å²) in [7, 11) is 1.94. The Morgan fingerprint density at radius 2 is 1.55 bits per heavy atom. The van der Waals surface area contributed by atoms with Crippen LogP contribution in [-0.2, 0) is 0 Å². The first-order chi connectivity index (χ1) is 9.78. The van der Waals surface area contributed by atoms with Gasteiger partial charge in [0, 0.05) is 17.4 Å². The highest BCUT2D eigenvalue weighted by Gasteiger charge is 2.12. The van der Waals surface area contributed by atoms with Crippen LogP contribution in [0.1, 0.15) is 17.2 Å². The van der Waals surface area contributed by atoms with Gasteiger partial charge in [-0.1, -0.05) is 29.8 Å². The van der Waals surface area contributed by atoms with Crippen molar-refractivity contribution < 1.29 is 0 Å². The van der Waals surface area contributed by atoms with Gasteiger partial charge in [-0.25, -0.2) is 0 Å². The third-order valence-corrected chi connectivity index (χ3v) is 3.57. The molecule has 3 rings (SSSR count). The van der Waals surface area contributed by atoms with Crippen molar-refractivity contribution in [3.63, 3.8) is 0 Å². The molecule has 1 unspecified atom stereocenters. The maximum atomic E-state index is 5.94. The van der Waals surface area contributed by atoms with Crippen LogP contribution in [0.2, 0.25) is 5.02 Å². The van der Waals surface area contributed by atoms with Crippen LogP contribution in [0.15, 0.2) is 54.9 Å². The van der Waals surface area contributed by atoms with Gasteiger partial charge in [-0.3, -0.25) is 9.97 Å². The lowest BCUT2D eigenvalue weighted by Crippen LogP contribution is -2.17. The highest BCUT2D eigenvalue weighted by molar-refractivity contribution is 6.30. The maximum absolute atomic E-state index is 5.94. The van der Waals surface area contributed by atoms with Crippen molar-refractivity contribution in [3.8, 4) is 0 Å². The molecule has 1 heterocycles. The van der Waals surface area contributed by atoms with Gasteiger partial charge in [0.25, 0.3) is 0 Å². The molecule has 3 nitrogen and oxygen atoms in total. The zero-order valence-electron chi connectivity index (χ0n) is 11.0. The Hall–Kier alpha value is -1.97. The second kappa shape index (κ2) is 5.57. The highest BCUT2D eigenvalue weighted by Crippen LogP contribution is 2.25. The summed E-state index contributed by atoms with van der Waals surface area (Å²) in [5.41, 5.74) is 4.13. The molecule has 1 aromatic heterocycles. The summed E-state index contributed by atoms with van der Waals surface area (Å²) in [5, 5.41) is 4.07. The van der Waals surface area contributed by atoms with Gasteiger partial charge in [0.05, 0.1) is 17.1 Å². The molecule has 0 aliphatic heterocycles. The predicted molar refractivity (Wildman–Crippen MR) is 81.9 cm³/mol. The first kappa shape index (κ1) is 13.0. The summed E-state index contributed by atoms with van der Waals surface area (Å²) in [6.45, 7) is 0. The van der Waals surface area contributed by atoms with Crippen LogP contribution in [-0.4, -0.2) is 17.0 Å². The van der Waals surface area contributed by atoms with Crippen LogP contribution in [0.25, 0.3) is 11.0 Å². The van der Waals surface area contributed by atoms with E-state index in [9.17, 15) is 0 Å². The molecule has 0 amide bonds. The first-order valence-corrected chi connectivity index (χ1v) is 6.79. The van der Waals surface area contributed by atoms with Gasteiger partial charge < -0.3 is 5.32 Å². The van der Waals surface area contributed by atoms with Crippen molar-refractivity contribution in [1.29, 1.82) is 0 Å². The molecule has 100 valence electrons. The zero-order chi connectivity index (χ0) is 13.9. The van der Waals surface area contributed by atoms with Crippen LogP contribution >= 0.6 is 11.6 Å². The van der Waals surface area contributed by atoms with Crippen LogP contribution in [0, 0.1) is 0 Å². The molecule has 0 saturated carbocycles. The van der Waals surface area contributed by atoms with Crippen LogP contribution in [0.3, 0.4) is 0 Å². The Balaban J connectivity index is 2.04. The highest BCUT2D eigenvalue weighted by atomic mass is 35.5. The van der Waals surface area contributed by atoms with E-state index in [2.05, 4.69) is 27.4 Å². The molecule has 4 heteroatoms. The summed E-state index contributed by atoms with van der Waals surface area (Å²) < 4.78 is 0. The minimum absolute atomic E-state index is 0.110. The van der Waals surface area contributed by atoms with E-state index in [1.807, 2.05) is 37.4 Å². The second-order valence-electron chi connectivity index (χ2n) is 4.58. The number of nitrogens with one attached hydrogen (secondary N) is 1. The van der Waals surface area contributed by atoms with Crippen LogP contribution in [0.5, 0.6) is 0 Å². The normalized spacial score (nSPS) is 12.5. The minimum Gasteiger partial charge on any atom is -0.309 e. The third-order valence-electron chi connectivity index (χ3n) is 3.32. The van der Waals surface area contributed by atoms with Crippen molar-refractivity contribution in [3.05, 3.63) is 71.0 Å². The van der Waals surface area contributed by atoms with Gasteiger partial charge >= 0.3 is 0 Å². The quantitative estimate of drug-likeness (QED) is 0.798. The SMILES string of the molecule is CNC(c1ccc(Cl)cc1)c1ccc2nccnc2c1. The number of nitrogens with zero attached hydrogens (tertiary/aromatic N) is 2. The average molecular weight is 284 g/mol. The van der Waals surface area contributed by atoms with Crippen LogP contribution < -0.4 is 5.32 Å². The van der Waals surface area contributed by atoms with Gasteiger partial charge in [-0.05, 0) is 42.4 Å². The Labute approximate surface area is 122 Å². The van der Waals surface area contributed by atoms with Crippen molar-refractivity contribution in [2.75, 3.05) is 7.05 Å².